The standard InChI is InChI=1S/C19H26N6O2/c1-14-9-15(2)11-16(10-14)24-19(26)21-4-3-20-17-12-18(23-13-22-17)25-5-7-27-8-6-25/h9-13H,3-8H2,1-2H3,(H,20,22,23)(H2,21,24,26). The molecule has 1 fully saturated rings. The Kier molecular flexibility index (Phi) is 6.43. The van der Waals surface area contributed by atoms with E-state index in [1.165, 1.54) is 0 Å². The molecule has 2 amide bonds. The predicted octanol–water partition coefficient (Wildman–Crippen LogP) is 2.16. The molecule has 8 heteroatoms. The molecule has 144 valence electrons. The van der Waals surface area contributed by atoms with Crippen molar-refractivity contribution in [2.45, 2.75) is 13.8 Å². The molecule has 8 nitrogen and oxygen atoms in total. The molecule has 1 aromatic carbocycles. The van der Waals surface area contributed by atoms with Gasteiger partial charge in [0.15, 0.2) is 0 Å². The number of ether oxygens (including phenoxy) is 1. The highest BCUT2D eigenvalue weighted by Crippen LogP contribution is 2.15. The number of urea groups is 1. The maximum absolute atomic E-state index is 12.0. The van der Waals surface area contributed by atoms with Gasteiger partial charge < -0.3 is 25.6 Å². The summed E-state index contributed by atoms with van der Waals surface area (Å²) in [5.41, 5.74) is 3.03. The summed E-state index contributed by atoms with van der Waals surface area (Å²) in [5.74, 6) is 1.62. The second-order valence-electron chi connectivity index (χ2n) is 6.54. The first-order chi connectivity index (χ1) is 13.1. The van der Waals surface area contributed by atoms with Gasteiger partial charge in [-0.25, -0.2) is 14.8 Å². The number of amides is 2. The minimum atomic E-state index is -0.224. The molecule has 0 radical (unpaired) electrons. The van der Waals surface area contributed by atoms with Gasteiger partial charge in [-0.05, 0) is 37.1 Å². The molecule has 27 heavy (non-hydrogen) atoms. The molecule has 3 N–H and O–H groups in total. The minimum Gasteiger partial charge on any atom is -0.378 e. The highest BCUT2D eigenvalue weighted by atomic mass is 16.5. The molecule has 1 aromatic heterocycles. The van der Waals surface area contributed by atoms with Crippen molar-refractivity contribution in [1.29, 1.82) is 0 Å². The summed E-state index contributed by atoms with van der Waals surface area (Å²) in [6, 6.07) is 7.65. The van der Waals surface area contributed by atoms with Crippen LogP contribution in [-0.2, 0) is 4.74 Å². The maximum Gasteiger partial charge on any atom is 0.319 e. The van der Waals surface area contributed by atoms with Crippen molar-refractivity contribution in [2.75, 3.05) is 54.9 Å². The van der Waals surface area contributed by atoms with E-state index in [-0.39, 0.29) is 6.03 Å². The maximum atomic E-state index is 12.0. The average Bonchev–Trinajstić information content (AvgIpc) is 2.65. The molecule has 3 rings (SSSR count). The van der Waals surface area contributed by atoms with Crippen LogP contribution < -0.4 is 20.9 Å². The minimum absolute atomic E-state index is 0.224. The fraction of sp³-hybridized carbons (Fsp3) is 0.421. The van der Waals surface area contributed by atoms with E-state index in [0.29, 0.717) is 26.3 Å². The monoisotopic (exact) mass is 370 g/mol. The van der Waals surface area contributed by atoms with E-state index in [2.05, 4.69) is 36.9 Å². The quantitative estimate of drug-likeness (QED) is 0.675. The summed E-state index contributed by atoms with van der Waals surface area (Å²) in [5, 5.41) is 8.90. The van der Waals surface area contributed by atoms with Gasteiger partial charge in [0.2, 0.25) is 0 Å². The van der Waals surface area contributed by atoms with Crippen molar-refractivity contribution in [3.8, 4) is 0 Å². The van der Waals surface area contributed by atoms with E-state index in [0.717, 1.165) is 41.5 Å². The zero-order valence-electron chi connectivity index (χ0n) is 15.8. The zero-order valence-corrected chi connectivity index (χ0v) is 15.8. The van der Waals surface area contributed by atoms with Crippen molar-refractivity contribution in [3.63, 3.8) is 0 Å². The van der Waals surface area contributed by atoms with Gasteiger partial charge in [-0.3, -0.25) is 0 Å². The normalized spacial score (nSPS) is 13.9. The number of hydrogen-bond acceptors (Lipinski definition) is 6. The third-order valence-corrected chi connectivity index (χ3v) is 4.18. The lowest BCUT2D eigenvalue weighted by molar-refractivity contribution is 0.122. The van der Waals surface area contributed by atoms with E-state index in [4.69, 9.17) is 4.74 Å². The van der Waals surface area contributed by atoms with Gasteiger partial charge in [0.05, 0.1) is 13.2 Å². The van der Waals surface area contributed by atoms with Crippen LogP contribution in [0.25, 0.3) is 0 Å². The zero-order chi connectivity index (χ0) is 19.1. The Morgan fingerprint density at radius 1 is 1.07 bits per heavy atom. The van der Waals surface area contributed by atoms with Crippen LogP contribution in [0.2, 0.25) is 0 Å². The van der Waals surface area contributed by atoms with E-state index >= 15 is 0 Å². The molecule has 0 aliphatic carbocycles. The van der Waals surface area contributed by atoms with Gasteiger partial charge in [-0.15, -0.1) is 0 Å². The topological polar surface area (TPSA) is 91.4 Å². The van der Waals surface area contributed by atoms with Crippen LogP contribution in [0, 0.1) is 13.8 Å². The molecule has 0 atom stereocenters. The van der Waals surface area contributed by atoms with E-state index < -0.39 is 0 Å². The highest BCUT2D eigenvalue weighted by molar-refractivity contribution is 5.89. The van der Waals surface area contributed by atoms with Crippen molar-refractivity contribution in [2.24, 2.45) is 0 Å². The third kappa shape index (κ3) is 5.82. The first-order valence-electron chi connectivity index (χ1n) is 9.12. The Balaban J connectivity index is 1.42. The van der Waals surface area contributed by atoms with Crippen LogP contribution in [-0.4, -0.2) is 55.4 Å². The fourth-order valence-corrected chi connectivity index (χ4v) is 3.00. The van der Waals surface area contributed by atoms with Crippen LogP contribution in [0.3, 0.4) is 0 Å². The number of aromatic nitrogens is 2. The van der Waals surface area contributed by atoms with Crippen molar-refractivity contribution in [3.05, 3.63) is 41.7 Å². The van der Waals surface area contributed by atoms with Gasteiger partial charge in [0.1, 0.15) is 18.0 Å². The molecular formula is C19H26N6O2. The second kappa shape index (κ2) is 9.18. The molecule has 2 heterocycles. The molecule has 1 aliphatic rings. The van der Waals surface area contributed by atoms with Crippen LogP contribution in [0.4, 0.5) is 22.1 Å². The summed E-state index contributed by atoms with van der Waals surface area (Å²) < 4.78 is 5.36. The summed E-state index contributed by atoms with van der Waals surface area (Å²) in [6.45, 7) is 8.15. The number of rotatable bonds is 6. The molecule has 0 unspecified atom stereocenters. The number of aryl methyl sites for hydroxylation is 2. The number of carbonyl (C=O) groups is 1. The van der Waals surface area contributed by atoms with Crippen LogP contribution in [0.15, 0.2) is 30.6 Å². The van der Waals surface area contributed by atoms with Crippen molar-refractivity contribution < 1.29 is 9.53 Å². The summed E-state index contributed by atoms with van der Waals surface area (Å²) in [7, 11) is 0. The first kappa shape index (κ1) is 18.9. The molecule has 0 bridgehead atoms. The van der Waals surface area contributed by atoms with Gasteiger partial charge in [-0.2, -0.15) is 0 Å². The number of nitrogens with zero attached hydrogens (tertiary/aromatic N) is 3. The Hall–Kier alpha value is -2.87. The number of nitrogens with one attached hydrogen (secondary N) is 3. The fourth-order valence-electron chi connectivity index (χ4n) is 3.00. The lowest BCUT2D eigenvalue weighted by atomic mass is 10.1. The summed E-state index contributed by atoms with van der Waals surface area (Å²) in [6.07, 6.45) is 1.55. The molecule has 0 saturated carbocycles. The highest BCUT2D eigenvalue weighted by Gasteiger charge is 2.12. The van der Waals surface area contributed by atoms with Gasteiger partial charge in [0, 0.05) is 37.9 Å². The van der Waals surface area contributed by atoms with Crippen molar-refractivity contribution >= 4 is 23.4 Å². The Bertz CT molecular complexity index is 756. The Labute approximate surface area is 159 Å². The SMILES string of the molecule is Cc1cc(C)cc(NC(=O)NCCNc2cc(N3CCOCC3)ncn2)c1. The number of carbonyl (C=O) groups excluding carboxylic acids is 1. The summed E-state index contributed by atoms with van der Waals surface area (Å²) in [4.78, 5) is 22.7. The predicted molar refractivity (Wildman–Crippen MR) is 106 cm³/mol. The van der Waals surface area contributed by atoms with Gasteiger partial charge >= 0.3 is 6.03 Å². The van der Waals surface area contributed by atoms with Gasteiger partial charge in [-0.1, -0.05) is 6.07 Å². The van der Waals surface area contributed by atoms with Crippen LogP contribution >= 0.6 is 0 Å². The lowest BCUT2D eigenvalue weighted by Gasteiger charge is -2.27. The first-order valence-corrected chi connectivity index (χ1v) is 9.12. The molecule has 0 spiro atoms. The van der Waals surface area contributed by atoms with Crippen LogP contribution in [0.5, 0.6) is 0 Å². The number of hydrogen-bond donors (Lipinski definition) is 3. The Morgan fingerprint density at radius 2 is 1.81 bits per heavy atom. The molecule has 1 aliphatic heterocycles. The van der Waals surface area contributed by atoms with E-state index in [9.17, 15) is 4.79 Å². The molecule has 2 aromatic rings. The molecular weight excluding hydrogens is 344 g/mol. The smallest absolute Gasteiger partial charge is 0.319 e. The summed E-state index contributed by atoms with van der Waals surface area (Å²) >= 11 is 0. The lowest BCUT2D eigenvalue weighted by Crippen LogP contribution is -2.36. The van der Waals surface area contributed by atoms with E-state index in [1.54, 1.807) is 6.33 Å². The molecule has 1 saturated heterocycles. The third-order valence-electron chi connectivity index (χ3n) is 4.18. The number of morpholine rings is 1. The Morgan fingerprint density at radius 3 is 2.56 bits per heavy atom. The second-order valence-corrected chi connectivity index (χ2v) is 6.54. The number of anilines is 3. The van der Waals surface area contributed by atoms with E-state index in [1.807, 2.05) is 32.0 Å². The van der Waals surface area contributed by atoms with Crippen molar-refractivity contribution in [1.82, 2.24) is 15.3 Å². The van der Waals surface area contributed by atoms with Gasteiger partial charge in [0.25, 0.3) is 0 Å². The largest absolute Gasteiger partial charge is 0.378 e. The van der Waals surface area contributed by atoms with Crippen LogP contribution in [0.1, 0.15) is 11.1 Å². The number of benzene rings is 1. The average molecular weight is 370 g/mol.